The minimum absolute atomic E-state index is 0.195. The summed E-state index contributed by atoms with van der Waals surface area (Å²) >= 11 is 0. The summed E-state index contributed by atoms with van der Waals surface area (Å²) in [7, 11) is 1.42. The molecule has 0 radical (unpaired) electrons. The second-order valence-electron chi connectivity index (χ2n) is 3.38. The molecule has 0 saturated carbocycles. The molecule has 0 bridgehead atoms. The van der Waals surface area contributed by atoms with Gasteiger partial charge in [0.05, 0.1) is 7.11 Å². The van der Waals surface area contributed by atoms with Crippen LogP contribution in [0.2, 0.25) is 0 Å². The highest BCUT2D eigenvalue weighted by Crippen LogP contribution is 2.17. The van der Waals surface area contributed by atoms with Crippen molar-refractivity contribution in [1.29, 1.82) is 0 Å². The number of carbonyl (C=O) groups is 1. The third-order valence-electron chi connectivity index (χ3n) is 2.31. The van der Waals surface area contributed by atoms with Gasteiger partial charge >= 0.3 is 5.97 Å². The summed E-state index contributed by atoms with van der Waals surface area (Å²) in [5.74, 6) is 0.0317. The Balaban J connectivity index is 4.49. The maximum Gasteiger partial charge on any atom is 0.326 e. The number of rotatable bonds is 4. The topological polar surface area (TPSA) is 38.3 Å². The molecule has 0 aliphatic carbocycles. The zero-order valence-corrected chi connectivity index (χ0v) is 8.60. The first kappa shape index (κ1) is 11.4. The highest BCUT2D eigenvalue weighted by atomic mass is 16.5. The number of nitrogens with one attached hydrogen (secondary N) is 1. The molecule has 1 atom stereocenters. The number of hydrogen-bond acceptors (Lipinski definition) is 3. The molecular weight excluding hydrogens is 154 g/mol. The van der Waals surface area contributed by atoms with E-state index in [9.17, 15) is 4.79 Å². The zero-order chi connectivity index (χ0) is 9.78. The zero-order valence-electron chi connectivity index (χ0n) is 8.60. The van der Waals surface area contributed by atoms with Gasteiger partial charge in [-0.1, -0.05) is 20.8 Å². The Bertz CT molecular complexity index is 157. The maximum atomic E-state index is 11.4. The summed E-state index contributed by atoms with van der Waals surface area (Å²) in [6.07, 6.45) is 0. The molecule has 3 heteroatoms. The molecule has 1 unspecified atom stereocenters. The van der Waals surface area contributed by atoms with E-state index in [2.05, 4.69) is 5.32 Å². The summed E-state index contributed by atoms with van der Waals surface area (Å²) in [6, 6.07) is 0. The average molecular weight is 173 g/mol. The fourth-order valence-electron chi connectivity index (χ4n) is 1.09. The van der Waals surface area contributed by atoms with Crippen LogP contribution in [0.3, 0.4) is 0 Å². The molecule has 3 nitrogen and oxygen atoms in total. The Labute approximate surface area is 74.5 Å². The average Bonchev–Trinajstić information content (AvgIpc) is 2.03. The SMILES string of the molecule is CCNC(C)(C(=O)OC)C(C)C. The summed E-state index contributed by atoms with van der Waals surface area (Å²) in [5.41, 5.74) is -0.552. The summed E-state index contributed by atoms with van der Waals surface area (Å²) in [6.45, 7) is 8.61. The highest BCUT2D eigenvalue weighted by molar-refractivity contribution is 5.80. The fraction of sp³-hybridized carbons (Fsp3) is 0.889. The fourth-order valence-corrected chi connectivity index (χ4v) is 1.09. The Hall–Kier alpha value is -0.570. The van der Waals surface area contributed by atoms with E-state index < -0.39 is 5.54 Å². The first-order valence-corrected chi connectivity index (χ1v) is 4.32. The van der Waals surface area contributed by atoms with Crippen molar-refractivity contribution in [3.05, 3.63) is 0 Å². The molecule has 0 fully saturated rings. The van der Waals surface area contributed by atoms with Crippen LogP contribution in [0.15, 0.2) is 0 Å². The van der Waals surface area contributed by atoms with Crippen LogP contribution in [-0.2, 0) is 9.53 Å². The minimum atomic E-state index is -0.552. The van der Waals surface area contributed by atoms with Crippen LogP contribution in [0.1, 0.15) is 27.7 Å². The van der Waals surface area contributed by atoms with Gasteiger partial charge in [-0.25, -0.2) is 0 Å². The number of methoxy groups -OCH3 is 1. The van der Waals surface area contributed by atoms with E-state index in [0.717, 1.165) is 6.54 Å². The van der Waals surface area contributed by atoms with Gasteiger partial charge in [0, 0.05) is 0 Å². The van der Waals surface area contributed by atoms with Crippen LogP contribution in [0, 0.1) is 5.92 Å². The van der Waals surface area contributed by atoms with E-state index in [0.29, 0.717) is 0 Å². The van der Waals surface area contributed by atoms with Crippen LogP contribution in [-0.4, -0.2) is 25.2 Å². The largest absolute Gasteiger partial charge is 0.468 e. The first-order chi connectivity index (χ1) is 5.49. The molecule has 0 aromatic heterocycles. The van der Waals surface area contributed by atoms with Gasteiger partial charge in [-0.15, -0.1) is 0 Å². The molecular formula is C9H19NO2. The molecule has 0 spiro atoms. The van der Waals surface area contributed by atoms with Gasteiger partial charge in [-0.05, 0) is 19.4 Å². The van der Waals surface area contributed by atoms with Crippen molar-refractivity contribution in [2.24, 2.45) is 5.92 Å². The van der Waals surface area contributed by atoms with Crippen LogP contribution in [0.5, 0.6) is 0 Å². The molecule has 0 aliphatic rings. The van der Waals surface area contributed by atoms with Crippen molar-refractivity contribution in [2.75, 3.05) is 13.7 Å². The molecule has 0 rings (SSSR count). The lowest BCUT2D eigenvalue weighted by molar-refractivity contribution is -0.149. The van der Waals surface area contributed by atoms with Crippen molar-refractivity contribution < 1.29 is 9.53 Å². The second-order valence-corrected chi connectivity index (χ2v) is 3.38. The number of hydrogen-bond donors (Lipinski definition) is 1. The summed E-state index contributed by atoms with van der Waals surface area (Å²) in [4.78, 5) is 11.4. The van der Waals surface area contributed by atoms with Gasteiger partial charge in [0.2, 0.25) is 0 Å². The predicted octanol–water partition coefficient (Wildman–Crippen LogP) is 1.18. The summed E-state index contributed by atoms with van der Waals surface area (Å²) in [5, 5.41) is 3.13. The Kier molecular flexibility index (Phi) is 4.24. The molecule has 0 amide bonds. The van der Waals surface area contributed by atoms with Gasteiger partial charge in [-0.3, -0.25) is 4.79 Å². The standard InChI is InChI=1S/C9H19NO2/c1-6-10-9(4,7(2)3)8(11)12-5/h7,10H,6H2,1-5H3. The van der Waals surface area contributed by atoms with Gasteiger partial charge in [0.25, 0.3) is 0 Å². The van der Waals surface area contributed by atoms with Gasteiger partial charge in [0.15, 0.2) is 0 Å². The highest BCUT2D eigenvalue weighted by Gasteiger charge is 2.36. The van der Waals surface area contributed by atoms with Crippen molar-refractivity contribution in [1.82, 2.24) is 5.32 Å². The quantitative estimate of drug-likeness (QED) is 0.649. The molecule has 12 heavy (non-hydrogen) atoms. The lowest BCUT2D eigenvalue weighted by atomic mass is 9.88. The van der Waals surface area contributed by atoms with Crippen LogP contribution in [0.25, 0.3) is 0 Å². The van der Waals surface area contributed by atoms with Crippen molar-refractivity contribution in [3.63, 3.8) is 0 Å². The van der Waals surface area contributed by atoms with E-state index in [4.69, 9.17) is 4.74 Å². The van der Waals surface area contributed by atoms with E-state index in [1.807, 2.05) is 27.7 Å². The Morgan fingerprint density at radius 2 is 2.08 bits per heavy atom. The van der Waals surface area contributed by atoms with Crippen molar-refractivity contribution in [2.45, 2.75) is 33.2 Å². The molecule has 0 saturated heterocycles. The number of carbonyl (C=O) groups excluding carboxylic acids is 1. The lowest BCUT2D eigenvalue weighted by Gasteiger charge is -2.31. The van der Waals surface area contributed by atoms with Crippen molar-refractivity contribution >= 4 is 5.97 Å². The maximum absolute atomic E-state index is 11.4. The second kappa shape index (κ2) is 4.45. The lowest BCUT2D eigenvalue weighted by Crippen LogP contribution is -2.54. The molecule has 0 aliphatic heterocycles. The van der Waals surface area contributed by atoms with Gasteiger partial charge in [-0.2, -0.15) is 0 Å². The minimum Gasteiger partial charge on any atom is -0.468 e. The van der Waals surface area contributed by atoms with Crippen LogP contribution in [0.4, 0.5) is 0 Å². The molecule has 0 heterocycles. The molecule has 0 aromatic rings. The third-order valence-corrected chi connectivity index (χ3v) is 2.31. The summed E-state index contributed by atoms with van der Waals surface area (Å²) < 4.78 is 4.73. The smallest absolute Gasteiger partial charge is 0.326 e. The Morgan fingerprint density at radius 3 is 2.33 bits per heavy atom. The first-order valence-electron chi connectivity index (χ1n) is 4.32. The van der Waals surface area contributed by atoms with E-state index in [-0.39, 0.29) is 11.9 Å². The van der Waals surface area contributed by atoms with Gasteiger partial charge in [0.1, 0.15) is 5.54 Å². The number of esters is 1. The monoisotopic (exact) mass is 173 g/mol. The van der Waals surface area contributed by atoms with E-state index in [1.165, 1.54) is 7.11 Å². The van der Waals surface area contributed by atoms with Crippen LogP contribution >= 0.6 is 0 Å². The molecule has 72 valence electrons. The number of likely N-dealkylation sites (N-methyl/N-ethyl adjacent to an activating group) is 1. The van der Waals surface area contributed by atoms with E-state index in [1.54, 1.807) is 0 Å². The normalized spacial score (nSPS) is 15.8. The van der Waals surface area contributed by atoms with E-state index >= 15 is 0 Å². The van der Waals surface area contributed by atoms with Crippen LogP contribution < -0.4 is 5.32 Å². The predicted molar refractivity (Wildman–Crippen MR) is 48.9 cm³/mol. The molecule has 1 N–H and O–H groups in total. The molecule has 0 aromatic carbocycles. The van der Waals surface area contributed by atoms with Crippen molar-refractivity contribution in [3.8, 4) is 0 Å². The van der Waals surface area contributed by atoms with Gasteiger partial charge < -0.3 is 10.1 Å². The Morgan fingerprint density at radius 1 is 1.58 bits per heavy atom. The third kappa shape index (κ3) is 2.21. The number of ether oxygens (including phenoxy) is 1.